The van der Waals surface area contributed by atoms with Crippen molar-refractivity contribution in [3.05, 3.63) is 18.2 Å². The first kappa shape index (κ1) is 12.0. The van der Waals surface area contributed by atoms with Crippen molar-refractivity contribution in [1.29, 1.82) is 0 Å². The zero-order valence-corrected chi connectivity index (χ0v) is 10.1. The third kappa shape index (κ3) is 3.50. The maximum absolute atomic E-state index is 11.1. The number of carbonyl (C=O) groups is 1. The van der Waals surface area contributed by atoms with E-state index in [0.29, 0.717) is 6.42 Å². The number of imidazole rings is 1. The molecule has 1 rings (SSSR count). The molecule has 3 nitrogen and oxygen atoms in total. The summed E-state index contributed by atoms with van der Waals surface area (Å²) in [6, 6.07) is 0. The van der Waals surface area contributed by atoms with Gasteiger partial charge in [0.2, 0.25) is 0 Å². The number of carbonyl (C=O) groups excluding carboxylic acids is 1. The van der Waals surface area contributed by atoms with Gasteiger partial charge < -0.3 is 9.36 Å². The van der Waals surface area contributed by atoms with Gasteiger partial charge in [-0.2, -0.15) is 0 Å². The maximum Gasteiger partial charge on any atom is 0.130 e. The Morgan fingerprint density at radius 2 is 2.20 bits per heavy atom. The highest BCUT2D eigenvalue weighted by molar-refractivity contribution is 5.76. The van der Waals surface area contributed by atoms with Crippen molar-refractivity contribution in [2.45, 2.75) is 47.1 Å². The van der Waals surface area contributed by atoms with Crippen LogP contribution in [0.15, 0.2) is 12.4 Å². The van der Waals surface area contributed by atoms with Crippen LogP contribution in [0.25, 0.3) is 0 Å². The molecule has 0 unspecified atom stereocenters. The summed E-state index contributed by atoms with van der Waals surface area (Å²) in [7, 11) is 0. The SMILES string of the molecule is CCn1ccnc1CC(C)(C)CC(C)=O. The molecule has 84 valence electrons. The lowest BCUT2D eigenvalue weighted by Crippen LogP contribution is -2.21. The standard InChI is InChI=1S/C12H20N2O/c1-5-14-7-6-13-11(14)9-12(3,4)8-10(2)15/h6-7H,5,8-9H2,1-4H3. The van der Waals surface area contributed by atoms with Crippen molar-refractivity contribution in [2.75, 3.05) is 0 Å². The molecular formula is C12H20N2O. The molecule has 0 bridgehead atoms. The van der Waals surface area contributed by atoms with Crippen molar-refractivity contribution < 1.29 is 4.79 Å². The Kier molecular flexibility index (Phi) is 3.66. The molecule has 0 saturated heterocycles. The number of ketones is 1. The van der Waals surface area contributed by atoms with Gasteiger partial charge >= 0.3 is 0 Å². The van der Waals surface area contributed by atoms with Crippen LogP contribution in [0.4, 0.5) is 0 Å². The van der Waals surface area contributed by atoms with Gasteiger partial charge in [0, 0.05) is 31.8 Å². The van der Waals surface area contributed by atoms with Gasteiger partial charge in [-0.25, -0.2) is 4.98 Å². The Hall–Kier alpha value is -1.12. The van der Waals surface area contributed by atoms with E-state index < -0.39 is 0 Å². The fourth-order valence-electron chi connectivity index (χ4n) is 1.96. The van der Waals surface area contributed by atoms with Crippen molar-refractivity contribution in [3.63, 3.8) is 0 Å². The average molecular weight is 208 g/mol. The van der Waals surface area contributed by atoms with Gasteiger partial charge in [0.1, 0.15) is 11.6 Å². The molecule has 3 heteroatoms. The highest BCUT2D eigenvalue weighted by Gasteiger charge is 2.22. The van der Waals surface area contributed by atoms with Crippen LogP contribution in [-0.4, -0.2) is 15.3 Å². The van der Waals surface area contributed by atoms with Crippen LogP contribution in [0.3, 0.4) is 0 Å². The predicted octanol–water partition coefficient (Wildman–Crippen LogP) is 2.45. The Balaban J connectivity index is 2.72. The van der Waals surface area contributed by atoms with E-state index in [1.165, 1.54) is 0 Å². The zero-order valence-electron chi connectivity index (χ0n) is 10.1. The molecule has 1 aromatic heterocycles. The summed E-state index contributed by atoms with van der Waals surface area (Å²) in [4.78, 5) is 15.4. The van der Waals surface area contributed by atoms with E-state index in [0.717, 1.165) is 18.8 Å². The second-order valence-electron chi connectivity index (χ2n) is 4.85. The number of aryl methyl sites for hydroxylation is 1. The molecule has 0 amide bonds. The highest BCUT2D eigenvalue weighted by Crippen LogP contribution is 2.25. The van der Waals surface area contributed by atoms with Gasteiger partial charge in [-0.05, 0) is 19.3 Å². The number of hydrogen-bond donors (Lipinski definition) is 0. The molecule has 0 aliphatic heterocycles. The smallest absolute Gasteiger partial charge is 0.130 e. The van der Waals surface area contributed by atoms with Gasteiger partial charge in [-0.3, -0.25) is 0 Å². The lowest BCUT2D eigenvalue weighted by Gasteiger charge is -2.22. The third-order valence-electron chi connectivity index (χ3n) is 2.51. The average Bonchev–Trinajstić information content (AvgIpc) is 2.48. The summed E-state index contributed by atoms with van der Waals surface area (Å²) >= 11 is 0. The molecule has 0 aliphatic carbocycles. The Morgan fingerprint density at radius 3 is 2.73 bits per heavy atom. The first-order valence-electron chi connectivity index (χ1n) is 5.44. The van der Waals surface area contributed by atoms with Crippen LogP contribution in [-0.2, 0) is 17.8 Å². The predicted molar refractivity (Wildman–Crippen MR) is 60.7 cm³/mol. The minimum absolute atomic E-state index is 0.00407. The van der Waals surface area contributed by atoms with Crippen molar-refractivity contribution in [3.8, 4) is 0 Å². The first-order valence-corrected chi connectivity index (χ1v) is 5.44. The van der Waals surface area contributed by atoms with Gasteiger partial charge in [0.15, 0.2) is 0 Å². The lowest BCUT2D eigenvalue weighted by molar-refractivity contribution is -0.118. The van der Waals surface area contributed by atoms with Gasteiger partial charge in [-0.1, -0.05) is 13.8 Å². The summed E-state index contributed by atoms with van der Waals surface area (Å²) in [5, 5.41) is 0. The van der Waals surface area contributed by atoms with Crippen LogP contribution in [0.5, 0.6) is 0 Å². The van der Waals surface area contributed by atoms with Crippen molar-refractivity contribution in [1.82, 2.24) is 9.55 Å². The largest absolute Gasteiger partial charge is 0.335 e. The molecule has 0 aromatic carbocycles. The van der Waals surface area contributed by atoms with E-state index in [-0.39, 0.29) is 11.2 Å². The second-order valence-corrected chi connectivity index (χ2v) is 4.85. The highest BCUT2D eigenvalue weighted by atomic mass is 16.1. The molecule has 1 aromatic rings. The first-order chi connectivity index (χ1) is 6.94. The lowest BCUT2D eigenvalue weighted by atomic mass is 9.84. The summed E-state index contributed by atoms with van der Waals surface area (Å²) in [6.45, 7) is 8.91. The molecule has 0 radical (unpaired) electrons. The summed E-state index contributed by atoms with van der Waals surface area (Å²) in [6.07, 6.45) is 5.28. The van der Waals surface area contributed by atoms with Gasteiger partial charge in [-0.15, -0.1) is 0 Å². The molecule has 0 spiro atoms. The minimum Gasteiger partial charge on any atom is -0.335 e. The van der Waals surface area contributed by atoms with Crippen LogP contribution in [0, 0.1) is 5.41 Å². The van der Waals surface area contributed by atoms with E-state index in [2.05, 4.69) is 30.3 Å². The maximum atomic E-state index is 11.1. The number of Topliss-reactive ketones (excluding diaryl/α,β-unsaturated/α-hetero) is 1. The van der Waals surface area contributed by atoms with Gasteiger partial charge in [0.05, 0.1) is 0 Å². The molecule has 0 aliphatic rings. The molecule has 0 N–H and O–H groups in total. The molecule has 0 fully saturated rings. The van der Waals surface area contributed by atoms with Crippen LogP contribution < -0.4 is 0 Å². The molecule has 15 heavy (non-hydrogen) atoms. The fraction of sp³-hybridized carbons (Fsp3) is 0.667. The number of hydrogen-bond acceptors (Lipinski definition) is 2. The number of nitrogens with zero attached hydrogens (tertiary/aromatic N) is 2. The summed E-state index contributed by atoms with van der Waals surface area (Å²) in [5.41, 5.74) is 0.00407. The van der Waals surface area contributed by atoms with E-state index in [9.17, 15) is 4.79 Å². The van der Waals surface area contributed by atoms with E-state index in [1.807, 2.05) is 12.4 Å². The number of rotatable bonds is 5. The summed E-state index contributed by atoms with van der Waals surface area (Å²) < 4.78 is 2.13. The van der Waals surface area contributed by atoms with Crippen molar-refractivity contribution in [2.24, 2.45) is 5.41 Å². The topological polar surface area (TPSA) is 34.9 Å². The Bertz CT molecular complexity index is 339. The van der Waals surface area contributed by atoms with Gasteiger partial charge in [0.25, 0.3) is 0 Å². The molecule has 0 atom stereocenters. The van der Waals surface area contributed by atoms with E-state index in [1.54, 1.807) is 6.92 Å². The van der Waals surface area contributed by atoms with Crippen molar-refractivity contribution >= 4 is 5.78 Å². The van der Waals surface area contributed by atoms with Crippen LogP contribution in [0.2, 0.25) is 0 Å². The Labute approximate surface area is 91.5 Å². The normalized spacial score (nSPS) is 11.7. The summed E-state index contributed by atoms with van der Waals surface area (Å²) in [5.74, 6) is 1.32. The van der Waals surface area contributed by atoms with Crippen LogP contribution in [0.1, 0.15) is 39.9 Å². The molecule has 1 heterocycles. The molecule has 0 saturated carbocycles. The zero-order chi connectivity index (χ0) is 11.5. The third-order valence-corrected chi connectivity index (χ3v) is 2.51. The molecular weight excluding hydrogens is 188 g/mol. The number of aromatic nitrogens is 2. The second kappa shape index (κ2) is 4.60. The van der Waals surface area contributed by atoms with Crippen LogP contribution >= 0.6 is 0 Å². The minimum atomic E-state index is 0.00407. The Morgan fingerprint density at radius 1 is 1.53 bits per heavy atom. The van der Waals surface area contributed by atoms with E-state index in [4.69, 9.17) is 0 Å². The van der Waals surface area contributed by atoms with E-state index >= 15 is 0 Å². The monoisotopic (exact) mass is 208 g/mol. The quantitative estimate of drug-likeness (QED) is 0.745. The fourth-order valence-corrected chi connectivity index (χ4v) is 1.96.